The molecule has 1 aliphatic heterocycles. The number of allylic oxidation sites excluding steroid dienone is 3. The molecule has 0 N–H and O–H groups in total. The largest absolute Gasteiger partial charge is 0.289 e. The van der Waals surface area contributed by atoms with Gasteiger partial charge in [0.25, 0.3) is 0 Å². The quantitative estimate of drug-likeness (QED) is 0.595. The van der Waals surface area contributed by atoms with Gasteiger partial charge in [0.2, 0.25) is 0 Å². The van der Waals surface area contributed by atoms with E-state index in [1.807, 2.05) is 0 Å². The Bertz CT molecular complexity index is 480. The molecule has 0 bridgehead atoms. The number of nitrogens with zero attached hydrogens (tertiary/aromatic N) is 1. The van der Waals surface area contributed by atoms with Crippen molar-refractivity contribution >= 4 is 6.21 Å². The molecule has 2 rings (SSSR count). The average molecular weight is 267 g/mol. The van der Waals surface area contributed by atoms with Gasteiger partial charge in [0.05, 0.1) is 6.04 Å². The number of benzene rings is 1. The molecule has 1 heterocycles. The summed E-state index contributed by atoms with van der Waals surface area (Å²) in [6, 6.07) is 10.9. The van der Waals surface area contributed by atoms with Crippen molar-refractivity contribution < 1.29 is 0 Å². The van der Waals surface area contributed by atoms with Crippen molar-refractivity contribution in [1.82, 2.24) is 0 Å². The maximum Gasteiger partial charge on any atom is 0.0779 e. The Morgan fingerprint density at radius 2 is 1.65 bits per heavy atom. The highest BCUT2D eigenvalue weighted by Gasteiger charge is 2.15. The van der Waals surface area contributed by atoms with Gasteiger partial charge in [-0.2, -0.15) is 0 Å². The topological polar surface area (TPSA) is 12.4 Å². The summed E-state index contributed by atoms with van der Waals surface area (Å²) in [5.74, 6) is 0. The maximum atomic E-state index is 4.87. The third kappa shape index (κ3) is 4.80. The molecule has 1 unspecified atom stereocenters. The van der Waals surface area contributed by atoms with Gasteiger partial charge >= 0.3 is 0 Å². The monoisotopic (exact) mass is 267 g/mol. The van der Waals surface area contributed by atoms with Gasteiger partial charge in [0.15, 0.2) is 0 Å². The molecule has 1 aliphatic rings. The first-order valence-electron chi connectivity index (χ1n) is 7.57. The van der Waals surface area contributed by atoms with Crippen molar-refractivity contribution in [3.8, 4) is 0 Å². The van der Waals surface area contributed by atoms with Crippen LogP contribution in [-0.2, 0) is 0 Å². The Morgan fingerprint density at radius 3 is 2.40 bits per heavy atom. The molecule has 1 atom stereocenters. The molecule has 0 saturated carbocycles. The Labute approximate surface area is 123 Å². The molecule has 0 radical (unpaired) electrons. The van der Waals surface area contributed by atoms with Crippen molar-refractivity contribution in [1.29, 1.82) is 0 Å². The molecule has 1 heteroatoms. The smallest absolute Gasteiger partial charge is 0.0779 e. The molecule has 0 saturated heterocycles. The van der Waals surface area contributed by atoms with E-state index in [9.17, 15) is 0 Å². The second kappa shape index (κ2) is 7.23. The van der Waals surface area contributed by atoms with Crippen LogP contribution in [0.2, 0.25) is 0 Å². The lowest BCUT2D eigenvalue weighted by Crippen LogP contribution is -2.12. The van der Waals surface area contributed by atoms with Crippen LogP contribution in [0.15, 0.2) is 59.6 Å². The molecule has 0 spiro atoms. The fraction of sp³-hybridized carbons (Fsp3) is 0.421. The van der Waals surface area contributed by atoms with E-state index in [0.717, 1.165) is 25.7 Å². The van der Waals surface area contributed by atoms with Gasteiger partial charge in [-0.15, -0.1) is 0 Å². The SMILES string of the molecule is CC1(C)C=NC(c2ccccc2)CC=CCCC=CC1. The summed E-state index contributed by atoms with van der Waals surface area (Å²) >= 11 is 0. The lowest BCUT2D eigenvalue weighted by Gasteiger charge is -2.19. The van der Waals surface area contributed by atoms with E-state index in [1.165, 1.54) is 5.56 Å². The fourth-order valence-corrected chi connectivity index (χ4v) is 2.34. The number of hydrogen-bond donors (Lipinski definition) is 0. The molecular formula is C19H25N. The van der Waals surface area contributed by atoms with Gasteiger partial charge in [-0.3, -0.25) is 4.99 Å². The van der Waals surface area contributed by atoms with Crippen LogP contribution in [0.5, 0.6) is 0 Å². The van der Waals surface area contributed by atoms with Crippen LogP contribution in [0, 0.1) is 5.41 Å². The summed E-state index contributed by atoms with van der Waals surface area (Å²) in [5.41, 5.74) is 1.43. The number of rotatable bonds is 1. The van der Waals surface area contributed by atoms with Crippen molar-refractivity contribution in [2.24, 2.45) is 10.4 Å². The van der Waals surface area contributed by atoms with Gasteiger partial charge in [0.1, 0.15) is 0 Å². The molecule has 20 heavy (non-hydrogen) atoms. The van der Waals surface area contributed by atoms with E-state index in [1.54, 1.807) is 0 Å². The van der Waals surface area contributed by atoms with E-state index in [-0.39, 0.29) is 11.5 Å². The molecular weight excluding hydrogens is 242 g/mol. The van der Waals surface area contributed by atoms with Gasteiger partial charge in [-0.1, -0.05) is 68.5 Å². The van der Waals surface area contributed by atoms with E-state index in [4.69, 9.17) is 4.99 Å². The van der Waals surface area contributed by atoms with E-state index in [2.05, 4.69) is 74.7 Å². The second-order valence-electron chi connectivity index (χ2n) is 6.15. The van der Waals surface area contributed by atoms with Crippen LogP contribution < -0.4 is 0 Å². The highest BCUT2D eigenvalue weighted by molar-refractivity contribution is 5.65. The third-order valence-electron chi connectivity index (χ3n) is 3.62. The maximum absolute atomic E-state index is 4.87. The normalized spacial score (nSPS) is 23.0. The lowest BCUT2D eigenvalue weighted by atomic mass is 9.90. The minimum Gasteiger partial charge on any atom is -0.289 e. The fourth-order valence-electron chi connectivity index (χ4n) is 2.34. The Hall–Kier alpha value is -1.63. The number of hydrogen-bond acceptors (Lipinski definition) is 1. The zero-order valence-electron chi connectivity index (χ0n) is 12.6. The van der Waals surface area contributed by atoms with Gasteiger partial charge in [-0.25, -0.2) is 0 Å². The Morgan fingerprint density at radius 1 is 0.950 bits per heavy atom. The summed E-state index contributed by atoms with van der Waals surface area (Å²) < 4.78 is 0. The van der Waals surface area contributed by atoms with E-state index >= 15 is 0 Å². The van der Waals surface area contributed by atoms with Crippen molar-refractivity contribution in [3.05, 3.63) is 60.2 Å². The summed E-state index contributed by atoms with van der Waals surface area (Å²) in [7, 11) is 0. The summed E-state index contributed by atoms with van der Waals surface area (Å²) in [4.78, 5) is 4.87. The number of aliphatic imine (C=N–C) groups is 1. The second-order valence-corrected chi connectivity index (χ2v) is 6.15. The first-order chi connectivity index (χ1) is 9.67. The minimum absolute atomic E-state index is 0.131. The van der Waals surface area contributed by atoms with Crippen molar-refractivity contribution in [2.45, 2.75) is 45.6 Å². The van der Waals surface area contributed by atoms with Crippen LogP contribution >= 0.6 is 0 Å². The van der Waals surface area contributed by atoms with Crippen LogP contribution in [0.4, 0.5) is 0 Å². The van der Waals surface area contributed by atoms with Gasteiger partial charge < -0.3 is 0 Å². The molecule has 106 valence electrons. The van der Waals surface area contributed by atoms with Crippen LogP contribution in [0.25, 0.3) is 0 Å². The van der Waals surface area contributed by atoms with Crippen LogP contribution in [-0.4, -0.2) is 6.21 Å². The molecule has 0 aromatic heterocycles. The molecule has 1 aromatic rings. The Kier molecular flexibility index (Phi) is 5.34. The first kappa shape index (κ1) is 14.8. The predicted molar refractivity (Wildman–Crippen MR) is 88.2 cm³/mol. The Balaban J connectivity index is 2.22. The van der Waals surface area contributed by atoms with Crippen LogP contribution in [0.1, 0.15) is 51.1 Å². The van der Waals surface area contributed by atoms with Gasteiger partial charge in [-0.05, 0) is 31.2 Å². The van der Waals surface area contributed by atoms with Crippen molar-refractivity contribution in [3.63, 3.8) is 0 Å². The molecule has 0 fully saturated rings. The molecule has 0 aliphatic carbocycles. The van der Waals surface area contributed by atoms with Gasteiger partial charge in [0, 0.05) is 11.6 Å². The van der Waals surface area contributed by atoms with Crippen LogP contribution in [0.3, 0.4) is 0 Å². The van der Waals surface area contributed by atoms with E-state index in [0.29, 0.717) is 0 Å². The lowest BCUT2D eigenvalue weighted by molar-refractivity contribution is 0.538. The molecule has 0 amide bonds. The minimum atomic E-state index is 0.131. The van der Waals surface area contributed by atoms with E-state index < -0.39 is 0 Å². The molecule has 1 aromatic carbocycles. The zero-order valence-corrected chi connectivity index (χ0v) is 12.6. The first-order valence-corrected chi connectivity index (χ1v) is 7.57. The highest BCUT2D eigenvalue weighted by atomic mass is 14.8. The highest BCUT2D eigenvalue weighted by Crippen LogP contribution is 2.25. The standard InChI is InChI=1S/C19H25N/c1-19(2)15-11-6-4-3-5-10-14-18(20-16-19)17-12-8-7-9-13-17/h5-13,16,18H,3-4,14-15H2,1-2H3. The summed E-state index contributed by atoms with van der Waals surface area (Å²) in [5, 5.41) is 0. The summed E-state index contributed by atoms with van der Waals surface area (Å²) in [6.07, 6.45) is 15.6. The third-order valence-corrected chi connectivity index (χ3v) is 3.62. The summed E-state index contributed by atoms with van der Waals surface area (Å²) in [6.45, 7) is 4.51. The predicted octanol–water partition coefficient (Wildman–Crippen LogP) is 5.51. The zero-order chi connectivity index (χ0) is 14.3. The van der Waals surface area contributed by atoms with Crippen molar-refractivity contribution in [2.75, 3.05) is 0 Å². The molecule has 1 nitrogen and oxygen atoms in total. The average Bonchev–Trinajstić information content (AvgIpc) is 2.44.